The Morgan fingerprint density at radius 2 is 2.00 bits per heavy atom. The maximum Gasteiger partial charge on any atom is 0.290 e. The lowest BCUT2D eigenvalue weighted by Crippen LogP contribution is -2.35. The van der Waals surface area contributed by atoms with Gasteiger partial charge in [0.25, 0.3) is 16.5 Å². The summed E-state index contributed by atoms with van der Waals surface area (Å²) in [6, 6.07) is 5.62. The van der Waals surface area contributed by atoms with Crippen LogP contribution in [-0.4, -0.2) is 40.5 Å². The van der Waals surface area contributed by atoms with Gasteiger partial charge in [-0.3, -0.25) is 4.79 Å². The number of carbonyl (C=O) groups excluding carboxylic acids is 2. The standard InChI is InChI=1S/C11H11BClN2O4S/c13-20(18,19)10-3-1-9(2-4-10)15-6-8(5-11(15)17)14-12-7-16/h1-4,7-8,14H,5-6H2. The zero-order valence-electron chi connectivity index (χ0n) is 10.3. The lowest BCUT2D eigenvalue weighted by Gasteiger charge is -2.17. The van der Waals surface area contributed by atoms with Gasteiger partial charge in [0.05, 0.1) is 11.1 Å². The van der Waals surface area contributed by atoms with E-state index in [0.717, 1.165) is 0 Å². The van der Waals surface area contributed by atoms with Crippen LogP contribution in [0, 0.1) is 0 Å². The first-order chi connectivity index (χ1) is 9.41. The van der Waals surface area contributed by atoms with Gasteiger partial charge >= 0.3 is 0 Å². The van der Waals surface area contributed by atoms with Gasteiger partial charge in [-0.05, 0) is 24.3 Å². The molecule has 1 N–H and O–H groups in total. The smallest absolute Gasteiger partial charge is 0.290 e. The zero-order chi connectivity index (χ0) is 14.8. The van der Waals surface area contributed by atoms with Crippen molar-refractivity contribution in [2.24, 2.45) is 0 Å². The Balaban J connectivity index is 2.12. The number of nitrogens with zero attached hydrogens (tertiary/aromatic N) is 1. The summed E-state index contributed by atoms with van der Waals surface area (Å²) in [4.78, 5) is 23.6. The molecule has 9 heteroatoms. The van der Waals surface area contributed by atoms with Gasteiger partial charge in [-0.15, -0.1) is 0 Å². The maximum absolute atomic E-state index is 11.9. The van der Waals surface area contributed by atoms with Crippen LogP contribution in [-0.2, 0) is 18.6 Å². The van der Waals surface area contributed by atoms with Crippen molar-refractivity contribution in [2.45, 2.75) is 17.4 Å². The number of halogens is 1. The Labute approximate surface area is 121 Å². The van der Waals surface area contributed by atoms with Crippen molar-refractivity contribution >= 4 is 44.9 Å². The van der Waals surface area contributed by atoms with Crippen LogP contribution in [0.3, 0.4) is 0 Å². The number of hydrogen-bond donors (Lipinski definition) is 1. The summed E-state index contributed by atoms with van der Waals surface area (Å²) in [5.41, 5.74) is 0.592. The Hall–Kier alpha value is -1.38. The molecule has 20 heavy (non-hydrogen) atoms. The molecule has 1 saturated heterocycles. The van der Waals surface area contributed by atoms with Gasteiger partial charge in [-0.25, -0.2) is 8.42 Å². The minimum Gasteiger partial charge on any atom is -0.349 e. The molecule has 0 aliphatic carbocycles. The summed E-state index contributed by atoms with van der Waals surface area (Å²) in [5, 5.41) is 2.82. The normalized spacial score (nSPS) is 19.1. The minimum atomic E-state index is -3.77. The fourth-order valence-corrected chi connectivity index (χ4v) is 2.80. The second-order valence-electron chi connectivity index (χ2n) is 4.31. The molecule has 1 aromatic rings. The van der Waals surface area contributed by atoms with Crippen molar-refractivity contribution in [3.8, 4) is 0 Å². The molecule has 1 aliphatic heterocycles. The quantitative estimate of drug-likeness (QED) is 0.474. The van der Waals surface area contributed by atoms with Crippen molar-refractivity contribution < 1.29 is 18.0 Å². The fourth-order valence-electron chi connectivity index (χ4n) is 2.03. The van der Waals surface area contributed by atoms with Crippen LogP contribution in [0.25, 0.3) is 0 Å². The Morgan fingerprint density at radius 3 is 2.55 bits per heavy atom. The van der Waals surface area contributed by atoms with E-state index in [2.05, 4.69) is 5.23 Å². The third-order valence-electron chi connectivity index (χ3n) is 2.95. The van der Waals surface area contributed by atoms with Crippen molar-refractivity contribution in [3.63, 3.8) is 0 Å². The lowest BCUT2D eigenvalue weighted by molar-refractivity contribution is -0.117. The third kappa shape index (κ3) is 3.39. The van der Waals surface area contributed by atoms with Crippen LogP contribution in [0.1, 0.15) is 6.42 Å². The number of benzene rings is 1. The number of hydrogen-bond acceptors (Lipinski definition) is 5. The van der Waals surface area contributed by atoms with Crippen molar-refractivity contribution in [1.82, 2.24) is 5.23 Å². The average Bonchev–Trinajstić information content (AvgIpc) is 2.77. The molecule has 0 spiro atoms. The molecule has 1 heterocycles. The highest BCUT2D eigenvalue weighted by molar-refractivity contribution is 8.13. The Morgan fingerprint density at radius 1 is 1.35 bits per heavy atom. The molecule has 0 bridgehead atoms. The van der Waals surface area contributed by atoms with Crippen LogP contribution in [0.15, 0.2) is 29.2 Å². The van der Waals surface area contributed by atoms with Gasteiger partial charge < -0.3 is 14.9 Å². The highest BCUT2D eigenvalue weighted by Gasteiger charge is 2.30. The molecular weight excluding hydrogens is 302 g/mol. The Kier molecular flexibility index (Phi) is 4.47. The van der Waals surface area contributed by atoms with Gasteiger partial charge in [-0.1, -0.05) is 0 Å². The monoisotopic (exact) mass is 313 g/mol. The molecule has 1 radical (unpaired) electrons. The van der Waals surface area contributed by atoms with E-state index in [9.17, 15) is 18.0 Å². The van der Waals surface area contributed by atoms with Gasteiger partial charge in [0.15, 0.2) is 0 Å². The van der Waals surface area contributed by atoms with Crippen LogP contribution in [0.4, 0.5) is 5.69 Å². The van der Waals surface area contributed by atoms with Crippen LogP contribution in [0.2, 0.25) is 0 Å². The van der Waals surface area contributed by atoms with E-state index >= 15 is 0 Å². The number of amides is 1. The minimum absolute atomic E-state index is 0.0153. The topological polar surface area (TPSA) is 83.6 Å². The predicted molar refractivity (Wildman–Crippen MR) is 75.9 cm³/mol. The average molecular weight is 314 g/mol. The lowest BCUT2D eigenvalue weighted by atomic mass is 9.96. The highest BCUT2D eigenvalue weighted by Crippen LogP contribution is 2.24. The molecule has 1 atom stereocenters. The molecule has 1 amide bonds. The largest absolute Gasteiger partial charge is 0.349 e. The predicted octanol–water partition coefficient (Wildman–Crippen LogP) is 0.118. The molecule has 2 rings (SSSR count). The first-order valence-corrected chi connectivity index (χ1v) is 8.11. The van der Waals surface area contributed by atoms with E-state index in [1.54, 1.807) is 0 Å². The van der Waals surface area contributed by atoms with Crippen molar-refractivity contribution in [1.29, 1.82) is 0 Å². The summed E-state index contributed by atoms with van der Waals surface area (Å²) < 4.78 is 22.3. The molecule has 1 aliphatic rings. The molecule has 1 aromatic carbocycles. The second-order valence-corrected chi connectivity index (χ2v) is 6.87. The molecule has 6 nitrogen and oxygen atoms in total. The molecule has 1 unspecified atom stereocenters. The molecule has 0 saturated carbocycles. The summed E-state index contributed by atoms with van der Waals surface area (Å²) in [7, 11) is 2.71. The first-order valence-electron chi connectivity index (χ1n) is 5.80. The van der Waals surface area contributed by atoms with Crippen molar-refractivity contribution in [3.05, 3.63) is 24.3 Å². The molecular formula is C11H11BClN2O4S. The SMILES string of the molecule is O=C[B]NC1CC(=O)N(c2ccc(S(=O)(=O)Cl)cc2)C1. The van der Waals surface area contributed by atoms with Gasteiger partial charge in [-0.2, -0.15) is 0 Å². The maximum atomic E-state index is 11.9. The fraction of sp³-hybridized carbons (Fsp3) is 0.273. The summed E-state index contributed by atoms with van der Waals surface area (Å²) >= 11 is 0. The van der Waals surface area contributed by atoms with E-state index in [1.807, 2.05) is 0 Å². The van der Waals surface area contributed by atoms with E-state index in [1.165, 1.54) is 36.6 Å². The number of anilines is 1. The van der Waals surface area contributed by atoms with Gasteiger partial charge in [0.2, 0.25) is 5.91 Å². The van der Waals surface area contributed by atoms with E-state index in [0.29, 0.717) is 18.4 Å². The summed E-state index contributed by atoms with van der Waals surface area (Å²) in [6.07, 6.45) is 0.896. The van der Waals surface area contributed by atoms with Gasteiger partial charge in [0, 0.05) is 35.4 Å². The van der Waals surface area contributed by atoms with E-state index in [-0.39, 0.29) is 23.3 Å². The van der Waals surface area contributed by atoms with Crippen LogP contribution in [0.5, 0.6) is 0 Å². The van der Waals surface area contributed by atoms with Crippen LogP contribution < -0.4 is 10.1 Å². The number of nitrogens with one attached hydrogen (secondary N) is 1. The van der Waals surface area contributed by atoms with Gasteiger partial charge in [0.1, 0.15) is 0 Å². The second kappa shape index (κ2) is 5.95. The first kappa shape index (κ1) is 15.0. The molecule has 105 valence electrons. The summed E-state index contributed by atoms with van der Waals surface area (Å²) in [6.45, 7) is 0.413. The number of carbonyl (C=O) groups is 2. The van der Waals surface area contributed by atoms with E-state index < -0.39 is 9.05 Å². The van der Waals surface area contributed by atoms with Crippen LogP contribution >= 0.6 is 10.7 Å². The summed E-state index contributed by atoms with van der Waals surface area (Å²) in [5.74, 6) is -0.0942. The van der Waals surface area contributed by atoms with E-state index in [4.69, 9.17) is 10.7 Å². The third-order valence-corrected chi connectivity index (χ3v) is 4.32. The highest BCUT2D eigenvalue weighted by atomic mass is 35.7. The Bertz CT molecular complexity index is 620. The molecule has 0 aromatic heterocycles. The van der Waals surface area contributed by atoms with Crippen molar-refractivity contribution in [2.75, 3.05) is 11.4 Å². The zero-order valence-corrected chi connectivity index (χ0v) is 11.9. The molecule has 1 fully saturated rings. The number of rotatable bonds is 5.